The van der Waals surface area contributed by atoms with E-state index in [0.717, 1.165) is 12.3 Å². The lowest BCUT2D eigenvalue weighted by Gasteiger charge is -2.41. The van der Waals surface area contributed by atoms with Crippen LogP contribution in [0.3, 0.4) is 0 Å². The Morgan fingerprint density at radius 1 is 1.21 bits per heavy atom. The zero-order valence-corrected chi connectivity index (χ0v) is 20.4. The highest BCUT2D eigenvalue weighted by atomic mass is 19.1. The summed E-state index contributed by atoms with van der Waals surface area (Å²) in [5.74, 6) is -2.00. The number of hydrazone groups is 1. The molecule has 2 aromatic heterocycles. The van der Waals surface area contributed by atoms with Crippen molar-refractivity contribution in [2.45, 2.75) is 25.5 Å². The molecule has 0 bridgehead atoms. The largest absolute Gasteiger partial charge is 0.483 e. The second-order valence-corrected chi connectivity index (χ2v) is 9.02. The number of likely N-dealkylation sites (tertiary alicyclic amines) is 1. The molecule has 2 aliphatic heterocycles. The van der Waals surface area contributed by atoms with Gasteiger partial charge in [-0.15, -0.1) is 0 Å². The molecule has 0 unspecified atom stereocenters. The fourth-order valence-electron chi connectivity index (χ4n) is 4.60. The van der Waals surface area contributed by atoms with Crippen LogP contribution in [0.1, 0.15) is 39.6 Å². The zero-order chi connectivity index (χ0) is 27.1. The summed E-state index contributed by atoms with van der Waals surface area (Å²) in [7, 11) is 1.62. The van der Waals surface area contributed by atoms with Crippen LogP contribution in [0.5, 0.6) is 5.75 Å². The Balaban J connectivity index is 1.27. The van der Waals surface area contributed by atoms with Crippen LogP contribution in [0.2, 0.25) is 0 Å². The van der Waals surface area contributed by atoms with Crippen molar-refractivity contribution in [2.24, 2.45) is 17.9 Å². The molecule has 1 saturated heterocycles. The van der Waals surface area contributed by atoms with Crippen molar-refractivity contribution in [1.29, 1.82) is 5.26 Å². The average molecular weight is 521 g/mol. The van der Waals surface area contributed by atoms with E-state index in [4.69, 9.17) is 15.7 Å². The molecule has 11 nitrogen and oxygen atoms in total. The highest BCUT2D eigenvalue weighted by Crippen LogP contribution is 2.33. The molecule has 3 aromatic rings. The van der Waals surface area contributed by atoms with Gasteiger partial charge in [0.25, 0.3) is 5.91 Å². The third kappa shape index (κ3) is 4.40. The normalized spacial score (nSPS) is 16.9. The number of rotatable bonds is 5. The molecule has 0 spiro atoms. The molecule has 13 heteroatoms. The first-order chi connectivity index (χ1) is 18.2. The van der Waals surface area contributed by atoms with E-state index >= 15 is 0 Å². The minimum absolute atomic E-state index is 0.0609. The van der Waals surface area contributed by atoms with E-state index in [1.165, 1.54) is 32.8 Å². The molecule has 4 heterocycles. The maximum atomic E-state index is 14.5. The standard InChI is InChI=1S/C25H22F2N8O3/c1-13-22(24(29)36)32-33(2)23(13)19-8-21(18(27)10-30-19)38-17-11-34(12-17)25(37)35-20(3-4-31-35)15-5-14(9-28)6-16(26)7-15/h4-8,10,17,20H,3,11-12H2,1-2H3,(H2,29,36)/t20-/m0/s1. The molecule has 0 aliphatic carbocycles. The van der Waals surface area contributed by atoms with E-state index in [1.54, 1.807) is 20.2 Å². The number of primary amides is 1. The average Bonchev–Trinajstić information content (AvgIpc) is 3.46. The number of amides is 3. The van der Waals surface area contributed by atoms with Gasteiger partial charge in [-0.05, 0) is 30.7 Å². The fourth-order valence-corrected chi connectivity index (χ4v) is 4.60. The molecular weight excluding hydrogens is 498 g/mol. The number of hydrogen-bond donors (Lipinski definition) is 1. The lowest BCUT2D eigenvalue weighted by molar-refractivity contribution is 0.0257. The number of nitrogens with zero attached hydrogens (tertiary/aromatic N) is 7. The number of benzene rings is 1. The molecule has 1 atom stereocenters. The topological polar surface area (TPSA) is 143 Å². The van der Waals surface area contributed by atoms with Gasteiger partial charge in [0.2, 0.25) is 0 Å². The van der Waals surface area contributed by atoms with Crippen molar-refractivity contribution in [3.05, 3.63) is 64.5 Å². The van der Waals surface area contributed by atoms with Crippen LogP contribution >= 0.6 is 0 Å². The van der Waals surface area contributed by atoms with Gasteiger partial charge in [0.1, 0.15) is 11.9 Å². The summed E-state index contributed by atoms with van der Waals surface area (Å²) in [6.07, 6.45) is 2.47. The SMILES string of the molecule is Cc1c(C(N)=O)nn(C)c1-c1cc(OC2CN(C(=O)N3N=CC[C@H]3c3cc(F)cc(C#N)c3)C2)c(F)cn1. The highest BCUT2D eigenvalue weighted by Gasteiger charge is 2.39. The smallest absolute Gasteiger partial charge is 0.341 e. The van der Waals surface area contributed by atoms with E-state index in [0.29, 0.717) is 28.9 Å². The Hall–Kier alpha value is -4.86. The van der Waals surface area contributed by atoms with Gasteiger partial charge in [-0.25, -0.2) is 18.6 Å². The minimum atomic E-state index is -0.686. The molecule has 3 amide bonds. The van der Waals surface area contributed by atoms with Crippen LogP contribution in [-0.2, 0) is 7.05 Å². The number of carbonyl (C=O) groups excluding carboxylic acids is 2. The third-order valence-electron chi connectivity index (χ3n) is 6.45. The number of ether oxygens (including phenoxy) is 1. The van der Waals surface area contributed by atoms with Gasteiger partial charge in [-0.1, -0.05) is 0 Å². The molecule has 2 N–H and O–H groups in total. The highest BCUT2D eigenvalue weighted by molar-refractivity contribution is 5.94. The Labute approximate surface area is 215 Å². The Morgan fingerprint density at radius 3 is 2.66 bits per heavy atom. The van der Waals surface area contributed by atoms with Gasteiger partial charge in [0, 0.05) is 31.3 Å². The monoisotopic (exact) mass is 520 g/mol. The molecule has 38 heavy (non-hydrogen) atoms. The number of aryl methyl sites for hydroxylation is 1. The van der Waals surface area contributed by atoms with Gasteiger partial charge in [-0.3, -0.25) is 14.5 Å². The molecule has 1 aromatic carbocycles. The number of urea groups is 1. The van der Waals surface area contributed by atoms with Crippen LogP contribution < -0.4 is 10.5 Å². The van der Waals surface area contributed by atoms with E-state index in [-0.39, 0.29) is 30.1 Å². The summed E-state index contributed by atoms with van der Waals surface area (Å²) in [6.45, 7) is 2.03. The van der Waals surface area contributed by atoms with Gasteiger partial charge in [0.15, 0.2) is 17.3 Å². The predicted octanol–water partition coefficient (Wildman–Crippen LogP) is 2.66. The van der Waals surface area contributed by atoms with E-state index in [1.807, 2.05) is 6.07 Å². The van der Waals surface area contributed by atoms with Crippen LogP contribution in [0, 0.1) is 29.9 Å². The quantitative estimate of drug-likeness (QED) is 0.548. The Morgan fingerprint density at radius 2 is 1.97 bits per heavy atom. The number of nitriles is 1. The number of nitrogens with two attached hydrogens (primary N) is 1. The minimum Gasteiger partial charge on any atom is -0.483 e. The summed E-state index contributed by atoms with van der Waals surface area (Å²) in [6, 6.07) is 6.30. The number of hydrogen-bond acceptors (Lipinski definition) is 7. The van der Waals surface area contributed by atoms with Gasteiger partial charge in [-0.2, -0.15) is 15.5 Å². The molecule has 0 saturated carbocycles. The molecule has 1 fully saturated rings. The number of carbonyl (C=O) groups is 2. The van der Waals surface area contributed by atoms with E-state index in [2.05, 4.69) is 15.2 Å². The van der Waals surface area contributed by atoms with Crippen LogP contribution in [-0.4, -0.2) is 62.0 Å². The predicted molar refractivity (Wildman–Crippen MR) is 130 cm³/mol. The maximum absolute atomic E-state index is 14.5. The Bertz CT molecular complexity index is 1520. The first kappa shape index (κ1) is 24.8. The van der Waals surface area contributed by atoms with E-state index < -0.39 is 35.7 Å². The fraction of sp³-hybridized carbons (Fsp3) is 0.280. The summed E-state index contributed by atoms with van der Waals surface area (Å²) >= 11 is 0. The number of halogens is 2. The van der Waals surface area contributed by atoms with Crippen molar-refractivity contribution < 1.29 is 23.1 Å². The molecule has 0 radical (unpaired) electrons. The molecule has 5 rings (SSSR count). The summed E-state index contributed by atoms with van der Waals surface area (Å²) < 4.78 is 35.7. The van der Waals surface area contributed by atoms with Crippen LogP contribution in [0.25, 0.3) is 11.4 Å². The summed E-state index contributed by atoms with van der Waals surface area (Å²) in [4.78, 5) is 30.3. The summed E-state index contributed by atoms with van der Waals surface area (Å²) in [5.41, 5.74) is 7.43. The lowest BCUT2D eigenvalue weighted by Crippen LogP contribution is -2.58. The van der Waals surface area contributed by atoms with Gasteiger partial charge < -0.3 is 15.4 Å². The van der Waals surface area contributed by atoms with Gasteiger partial charge in [0.05, 0.1) is 48.3 Å². The zero-order valence-electron chi connectivity index (χ0n) is 20.4. The molecule has 194 valence electrons. The molecular formula is C25H22F2N8O3. The second kappa shape index (κ2) is 9.55. The number of aromatic nitrogens is 3. The Kier molecular flexibility index (Phi) is 6.23. The first-order valence-corrected chi connectivity index (χ1v) is 11.6. The summed E-state index contributed by atoms with van der Waals surface area (Å²) in [5, 5.41) is 18.6. The van der Waals surface area contributed by atoms with Crippen molar-refractivity contribution in [1.82, 2.24) is 24.7 Å². The first-order valence-electron chi connectivity index (χ1n) is 11.6. The lowest BCUT2D eigenvalue weighted by atomic mass is 10.0. The van der Waals surface area contributed by atoms with Crippen molar-refractivity contribution >= 4 is 18.2 Å². The van der Waals surface area contributed by atoms with Gasteiger partial charge >= 0.3 is 6.03 Å². The van der Waals surface area contributed by atoms with E-state index in [9.17, 15) is 18.4 Å². The maximum Gasteiger partial charge on any atom is 0.341 e. The number of pyridine rings is 1. The second-order valence-electron chi connectivity index (χ2n) is 9.02. The van der Waals surface area contributed by atoms with Crippen molar-refractivity contribution in [3.8, 4) is 23.2 Å². The van der Waals surface area contributed by atoms with Crippen molar-refractivity contribution in [3.63, 3.8) is 0 Å². The third-order valence-corrected chi connectivity index (χ3v) is 6.45. The van der Waals surface area contributed by atoms with Crippen LogP contribution in [0.4, 0.5) is 13.6 Å². The van der Waals surface area contributed by atoms with Crippen molar-refractivity contribution in [2.75, 3.05) is 13.1 Å². The molecule has 2 aliphatic rings. The van der Waals surface area contributed by atoms with Crippen LogP contribution in [0.15, 0.2) is 35.6 Å².